The lowest BCUT2D eigenvalue weighted by Crippen LogP contribution is -2.41. The number of nitrogens with one attached hydrogen (secondary N) is 2. The van der Waals surface area contributed by atoms with Crippen molar-refractivity contribution in [3.05, 3.63) is 47.0 Å². The largest absolute Gasteiger partial charge is 0.493 e. The number of Topliss-reactive ketones (excluding diaryl/α,β-unsaturated/α-hetero) is 2. The van der Waals surface area contributed by atoms with Crippen molar-refractivity contribution < 1.29 is 45.4 Å². The van der Waals surface area contributed by atoms with E-state index >= 15 is 0 Å². The maximum atomic E-state index is 11.2. The zero-order chi connectivity index (χ0) is 29.2. The summed E-state index contributed by atoms with van der Waals surface area (Å²) >= 11 is 0. The van der Waals surface area contributed by atoms with Crippen molar-refractivity contribution in [2.24, 2.45) is 5.92 Å². The van der Waals surface area contributed by atoms with E-state index in [1.165, 1.54) is 48.4 Å². The average molecular weight is 574 g/mol. The van der Waals surface area contributed by atoms with Crippen LogP contribution in [0.15, 0.2) is 30.3 Å². The fourth-order valence-electron chi connectivity index (χ4n) is 5.46. The molecule has 2 N–H and O–H groups in total. The van der Waals surface area contributed by atoms with Gasteiger partial charge in [-0.2, -0.15) is 26.3 Å². The summed E-state index contributed by atoms with van der Waals surface area (Å²) in [6.07, 6.45) is -9.09. The van der Waals surface area contributed by atoms with Gasteiger partial charge in [-0.25, -0.2) is 0 Å². The highest BCUT2D eigenvalue weighted by Gasteiger charge is 2.54. The lowest BCUT2D eigenvalue weighted by atomic mass is 9.80. The van der Waals surface area contributed by atoms with Crippen LogP contribution in [-0.4, -0.2) is 64.3 Å². The number of ketones is 2. The van der Waals surface area contributed by atoms with Crippen LogP contribution in [0.5, 0.6) is 11.5 Å². The second-order valence-corrected chi connectivity index (χ2v) is 9.84. The van der Waals surface area contributed by atoms with Crippen LogP contribution in [0.3, 0.4) is 0 Å². The van der Waals surface area contributed by atoms with Gasteiger partial charge < -0.3 is 25.0 Å². The zero-order valence-corrected chi connectivity index (χ0v) is 21.8. The van der Waals surface area contributed by atoms with E-state index in [0.29, 0.717) is 5.92 Å². The SMILES string of the molecule is COc1ccc(CNc2cc3c4c(c2)[C@@H]2CNC[C@@H]2CN4CCC3)cc1OC.O=C(C(=O)C(F)(F)F)C(F)(F)F. The molecule has 7 nitrogen and oxygen atoms in total. The van der Waals surface area contributed by atoms with Crippen molar-refractivity contribution in [2.45, 2.75) is 37.7 Å². The summed E-state index contributed by atoms with van der Waals surface area (Å²) in [5.74, 6) is -3.86. The van der Waals surface area contributed by atoms with Crippen molar-refractivity contribution in [1.82, 2.24) is 5.32 Å². The number of benzene rings is 2. The van der Waals surface area contributed by atoms with Gasteiger partial charge in [0.1, 0.15) is 0 Å². The van der Waals surface area contributed by atoms with E-state index in [1.54, 1.807) is 19.8 Å². The number of alkyl halides is 6. The Labute approximate surface area is 226 Å². The topological polar surface area (TPSA) is 79.9 Å². The molecule has 0 spiro atoms. The molecule has 0 amide bonds. The predicted molar refractivity (Wildman–Crippen MR) is 135 cm³/mol. The molecule has 0 saturated carbocycles. The molecule has 0 bridgehead atoms. The van der Waals surface area contributed by atoms with Gasteiger partial charge in [-0.1, -0.05) is 6.07 Å². The molecule has 2 aromatic rings. The molecule has 40 heavy (non-hydrogen) atoms. The minimum Gasteiger partial charge on any atom is -0.493 e. The van der Waals surface area contributed by atoms with Crippen molar-refractivity contribution in [3.63, 3.8) is 0 Å². The molecule has 3 aliphatic rings. The maximum absolute atomic E-state index is 11.2. The highest BCUT2D eigenvalue weighted by molar-refractivity contribution is 6.41. The molecule has 3 aliphatic heterocycles. The van der Waals surface area contributed by atoms with E-state index in [4.69, 9.17) is 9.47 Å². The van der Waals surface area contributed by atoms with E-state index in [-0.39, 0.29) is 0 Å². The molecule has 2 atom stereocenters. The summed E-state index contributed by atoms with van der Waals surface area (Å²) in [6, 6.07) is 10.9. The Morgan fingerprint density at radius 1 is 0.975 bits per heavy atom. The van der Waals surface area contributed by atoms with Gasteiger partial charge >= 0.3 is 23.9 Å². The highest BCUT2D eigenvalue weighted by atomic mass is 19.4. The number of methoxy groups -OCH3 is 2. The molecule has 1 saturated heterocycles. The number of nitrogens with zero attached hydrogens (tertiary/aromatic N) is 1. The number of aryl methyl sites for hydroxylation is 1. The van der Waals surface area contributed by atoms with Crippen LogP contribution in [0.4, 0.5) is 37.7 Å². The molecule has 5 rings (SSSR count). The minimum atomic E-state index is -5.77. The molecule has 1 fully saturated rings. The zero-order valence-electron chi connectivity index (χ0n) is 21.8. The lowest BCUT2D eigenvalue weighted by Gasteiger charge is -2.42. The van der Waals surface area contributed by atoms with Crippen LogP contribution >= 0.6 is 0 Å². The average Bonchev–Trinajstić information content (AvgIpc) is 3.39. The van der Waals surface area contributed by atoms with E-state index < -0.39 is 23.9 Å². The predicted octanol–water partition coefficient (Wildman–Crippen LogP) is 4.63. The van der Waals surface area contributed by atoms with E-state index in [9.17, 15) is 35.9 Å². The second-order valence-electron chi connectivity index (χ2n) is 9.84. The van der Waals surface area contributed by atoms with E-state index in [2.05, 4.69) is 33.7 Å². The third kappa shape index (κ3) is 6.29. The molecule has 0 radical (unpaired) electrons. The molecule has 0 aliphatic carbocycles. The Balaban J connectivity index is 0.000000263. The molecule has 3 heterocycles. The Morgan fingerprint density at radius 2 is 1.65 bits per heavy atom. The van der Waals surface area contributed by atoms with Crippen LogP contribution in [-0.2, 0) is 22.6 Å². The van der Waals surface area contributed by atoms with Gasteiger partial charge in [0.05, 0.1) is 14.2 Å². The van der Waals surface area contributed by atoms with Crippen LogP contribution < -0.4 is 25.0 Å². The van der Waals surface area contributed by atoms with Crippen LogP contribution in [0.1, 0.15) is 29.0 Å². The molecule has 2 aromatic carbocycles. The van der Waals surface area contributed by atoms with Gasteiger partial charge in [-0.05, 0) is 59.7 Å². The summed E-state index contributed by atoms with van der Waals surface area (Å²) in [5, 5.41) is 7.28. The molecule has 13 heteroatoms. The number of fused-ring (bicyclic) bond motifs is 2. The number of carbonyl (C=O) groups is 2. The number of carbonyl (C=O) groups excluding carboxylic acids is 2. The Morgan fingerprint density at radius 3 is 2.27 bits per heavy atom. The Bertz CT molecular complexity index is 1240. The fraction of sp³-hybridized carbons (Fsp3) is 0.481. The summed E-state index contributed by atoms with van der Waals surface area (Å²) < 4.78 is 77.7. The number of hydrogen-bond donors (Lipinski definition) is 2. The smallest absolute Gasteiger partial charge is 0.458 e. The first-order chi connectivity index (χ1) is 18.8. The molecule has 218 valence electrons. The summed E-state index contributed by atoms with van der Waals surface area (Å²) in [4.78, 5) is 21.9. The number of halogens is 6. The third-order valence-corrected chi connectivity index (χ3v) is 7.27. The summed E-state index contributed by atoms with van der Waals surface area (Å²) in [5.41, 5.74) is 7.02. The Hall–Kier alpha value is -3.48. The van der Waals surface area contributed by atoms with Gasteiger partial charge in [0.25, 0.3) is 0 Å². The standard InChI is InChI=1S/C23H29N3O2.C4F6O2/c1-27-21-6-5-15(8-22(21)28-2)11-25-18-9-16-4-3-7-26-14-17-12-24-13-20(17)19(10-18)23(16)26;5-3(6,7)1(11)2(12)4(8,9)10/h5-6,8-10,17,20,24-25H,3-4,7,11-14H2,1-2H3;/t17-,20-;/m1./s1. The van der Waals surface area contributed by atoms with Crippen LogP contribution in [0.25, 0.3) is 0 Å². The monoisotopic (exact) mass is 573 g/mol. The Kier molecular flexibility index (Phi) is 8.52. The van der Waals surface area contributed by atoms with Crippen LogP contribution in [0, 0.1) is 5.92 Å². The molecule has 0 unspecified atom stereocenters. The first-order valence-corrected chi connectivity index (χ1v) is 12.6. The fourth-order valence-corrected chi connectivity index (χ4v) is 5.46. The van der Waals surface area contributed by atoms with Gasteiger partial charge in [0.2, 0.25) is 0 Å². The first-order valence-electron chi connectivity index (χ1n) is 12.6. The lowest BCUT2D eigenvalue weighted by molar-refractivity contribution is -0.193. The van der Waals surface area contributed by atoms with Gasteiger partial charge in [0.15, 0.2) is 11.5 Å². The summed E-state index contributed by atoms with van der Waals surface area (Å²) in [7, 11) is 3.35. The highest BCUT2D eigenvalue weighted by Crippen LogP contribution is 2.45. The van der Waals surface area contributed by atoms with Crippen LogP contribution in [0.2, 0.25) is 0 Å². The van der Waals surface area contributed by atoms with Gasteiger partial charge in [0, 0.05) is 50.0 Å². The number of ether oxygens (including phenoxy) is 2. The van der Waals surface area contributed by atoms with E-state index in [0.717, 1.165) is 37.1 Å². The van der Waals surface area contributed by atoms with Crippen molar-refractivity contribution in [3.8, 4) is 11.5 Å². The summed E-state index contributed by atoms with van der Waals surface area (Å²) in [6.45, 7) is 5.47. The normalized spacial score (nSPS) is 19.6. The first kappa shape index (κ1) is 29.5. The van der Waals surface area contributed by atoms with Crippen molar-refractivity contribution >= 4 is 22.9 Å². The second kappa shape index (κ2) is 11.6. The minimum absolute atomic E-state index is 0.658. The molecular formula is C27H29F6N3O4. The van der Waals surface area contributed by atoms with Gasteiger partial charge in [-0.3, -0.25) is 9.59 Å². The maximum Gasteiger partial charge on any atom is 0.458 e. The van der Waals surface area contributed by atoms with Crippen molar-refractivity contribution in [2.75, 3.05) is 50.6 Å². The van der Waals surface area contributed by atoms with Crippen molar-refractivity contribution in [1.29, 1.82) is 0 Å². The number of anilines is 2. The van der Waals surface area contributed by atoms with E-state index in [1.807, 2.05) is 12.1 Å². The number of hydrogen-bond acceptors (Lipinski definition) is 7. The van der Waals surface area contributed by atoms with Gasteiger partial charge in [-0.15, -0.1) is 0 Å². The number of rotatable bonds is 6. The quantitative estimate of drug-likeness (QED) is 0.385. The molecule has 0 aromatic heterocycles. The third-order valence-electron chi connectivity index (χ3n) is 7.27. The molecular weight excluding hydrogens is 544 g/mol.